The fourth-order valence-electron chi connectivity index (χ4n) is 4.24. The number of aryl methyl sites for hydroxylation is 1. The third-order valence-electron chi connectivity index (χ3n) is 6.07. The van der Waals surface area contributed by atoms with E-state index >= 15 is 0 Å². The van der Waals surface area contributed by atoms with Crippen molar-refractivity contribution in [3.8, 4) is 0 Å². The molecule has 4 heterocycles. The van der Waals surface area contributed by atoms with Crippen LogP contribution in [0, 0.1) is 6.92 Å². The Balaban J connectivity index is 1.44. The van der Waals surface area contributed by atoms with Gasteiger partial charge in [0.25, 0.3) is 0 Å². The van der Waals surface area contributed by atoms with Gasteiger partial charge in [-0.05, 0) is 39.8 Å². The number of aromatic nitrogens is 4. The molecular formula is C21H29F3N8O. The predicted octanol–water partition coefficient (Wildman–Crippen LogP) is 3.04. The second kappa shape index (κ2) is 9.54. The molecule has 12 heteroatoms. The molecule has 1 atom stereocenters. The molecule has 1 unspecified atom stereocenters. The maximum Gasteiger partial charge on any atom is 0.421 e. The molecule has 2 aromatic rings. The molecule has 0 aliphatic carbocycles. The number of hydrogen-bond donors (Lipinski definition) is 2. The van der Waals surface area contributed by atoms with E-state index < -0.39 is 11.7 Å². The summed E-state index contributed by atoms with van der Waals surface area (Å²) in [5.41, 5.74) is 0.451. The summed E-state index contributed by atoms with van der Waals surface area (Å²) in [4.78, 5) is 23.6. The fraction of sp³-hybridized carbons (Fsp3) is 0.619. The van der Waals surface area contributed by atoms with Gasteiger partial charge in [-0.2, -0.15) is 23.3 Å². The van der Waals surface area contributed by atoms with Crippen molar-refractivity contribution in [2.75, 3.05) is 50.4 Å². The van der Waals surface area contributed by atoms with E-state index in [2.05, 4.69) is 37.6 Å². The highest BCUT2D eigenvalue weighted by Crippen LogP contribution is 2.34. The molecule has 2 N–H and O–H groups in total. The van der Waals surface area contributed by atoms with Crippen LogP contribution in [0.2, 0.25) is 0 Å². The highest BCUT2D eigenvalue weighted by molar-refractivity contribution is 5.78. The number of anilines is 3. The Kier molecular flexibility index (Phi) is 6.73. The van der Waals surface area contributed by atoms with Gasteiger partial charge in [0.1, 0.15) is 11.4 Å². The van der Waals surface area contributed by atoms with Crippen molar-refractivity contribution < 1.29 is 18.0 Å². The number of likely N-dealkylation sites (N-methyl/N-ethyl adjacent to an activating group) is 1. The first kappa shape index (κ1) is 23.3. The van der Waals surface area contributed by atoms with E-state index in [0.29, 0.717) is 31.6 Å². The number of nitrogens with zero attached hydrogens (tertiary/aromatic N) is 6. The molecular weight excluding hydrogens is 437 g/mol. The van der Waals surface area contributed by atoms with Gasteiger partial charge < -0.3 is 20.4 Å². The van der Waals surface area contributed by atoms with Crippen LogP contribution in [0.15, 0.2) is 12.4 Å². The molecule has 9 nitrogen and oxygen atoms in total. The Morgan fingerprint density at radius 2 is 2.09 bits per heavy atom. The molecule has 0 bridgehead atoms. The third kappa shape index (κ3) is 5.55. The number of halogens is 3. The van der Waals surface area contributed by atoms with Crippen LogP contribution < -0.4 is 10.6 Å². The van der Waals surface area contributed by atoms with Crippen LogP contribution in [0.3, 0.4) is 0 Å². The van der Waals surface area contributed by atoms with Gasteiger partial charge in [0.15, 0.2) is 0 Å². The topological polar surface area (TPSA) is 91.2 Å². The first-order valence-electron chi connectivity index (χ1n) is 11.2. The smallest absolute Gasteiger partial charge is 0.369 e. The minimum absolute atomic E-state index is 0.0615. The Labute approximate surface area is 190 Å². The summed E-state index contributed by atoms with van der Waals surface area (Å²) < 4.78 is 42.3. The van der Waals surface area contributed by atoms with E-state index in [-0.39, 0.29) is 30.3 Å². The van der Waals surface area contributed by atoms with Crippen molar-refractivity contribution in [2.24, 2.45) is 0 Å². The molecule has 33 heavy (non-hydrogen) atoms. The van der Waals surface area contributed by atoms with Gasteiger partial charge in [-0.25, -0.2) is 4.98 Å². The zero-order chi connectivity index (χ0) is 23.6. The molecule has 2 aromatic heterocycles. The number of alkyl halides is 3. The largest absolute Gasteiger partial charge is 0.421 e. The van der Waals surface area contributed by atoms with E-state index in [4.69, 9.17) is 0 Å². The van der Waals surface area contributed by atoms with Gasteiger partial charge in [0, 0.05) is 45.0 Å². The second-order valence-corrected chi connectivity index (χ2v) is 8.66. The maximum absolute atomic E-state index is 13.5. The lowest BCUT2D eigenvalue weighted by Crippen LogP contribution is -2.27. The van der Waals surface area contributed by atoms with Crippen molar-refractivity contribution in [3.05, 3.63) is 23.7 Å². The normalized spacial score (nSPS) is 19.5. The highest BCUT2D eigenvalue weighted by atomic mass is 19.4. The number of carbonyl (C=O) groups is 1. The van der Waals surface area contributed by atoms with E-state index in [1.807, 2.05) is 17.8 Å². The van der Waals surface area contributed by atoms with Gasteiger partial charge >= 0.3 is 6.18 Å². The van der Waals surface area contributed by atoms with Crippen molar-refractivity contribution in [1.82, 2.24) is 29.5 Å². The quantitative estimate of drug-likeness (QED) is 0.578. The number of amides is 1. The first-order valence-corrected chi connectivity index (χ1v) is 11.2. The van der Waals surface area contributed by atoms with E-state index in [1.54, 1.807) is 4.90 Å². The van der Waals surface area contributed by atoms with Crippen LogP contribution in [0.25, 0.3) is 0 Å². The molecule has 0 spiro atoms. The number of nitrogens with one attached hydrogen (secondary N) is 2. The summed E-state index contributed by atoms with van der Waals surface area (Å²) in [5.74, 6) is -0.124. The van der Waals surface area contributed by atoms with Crippen molar-refractivity contribution in [1.29, 1.82) is 0 Å². The SMILES string of the molecule is Cc1nn(C2CCN(C)C2)cc1Nc1ncc(C(F)(F)F)c(NCCCN2CCCC2=O)n1. The summed E-state index contributed by atoms with van der Waals surface area (Å²) in [5, 5.41) is 10.3. The molecule has 1 amide bonds. The maximum atomic E-state index is 13.5. The number of hydrogen-bond acceptors (Lipinski definition) is 7. The molecule has 4 rings (SSSR count). The van der Waals surface area contributed by atoms with Gasteiger partial charge in [-0.1, -0.05) is 0 Å². The second-order valence-electron chi connectivity index (χ2n) is 8.66. The molecule has 2 fully saturated rings. The summed E-state index contributed by atoms with van der Waals surface area (Å²) in [6.45, 7) is 5.20. The van der Waals surface area contributed by atoms with Crippen molar-refractivity contribution in [2.45, 2.75) is 44.8 Å². The van der Waals surface area contributed by atoms with Gasteiger partial charge in [0.05, 0.1) is 17.4 Å². The minimum atomic E-state index is -4.58. The standard InChI is InChI=1S/C21H29F3N8O/c1-14-17(13-32(29-14)15-6-10-30(2)12-15)27-20-26-11-16(21(22,23)24)19(28-20)25-7-4-9-31-8-3-5-18(31)33/h11,13,15H,3-10,12H2,1-2H3,(H2,25,26,27,28). The minimum Gasteiger partial charge on any atom is -0.369 e. The lowest BCUT2D eigenvalue weighted by atomic mass is 10.3. The summed E-state index contributed by atoms with van der Waals surface area (Å²) in [6.07, 6.45) is 0.941. The molecule has 0 aromatic carbocycles. The zero-order valence-electron chi connectivity index (χ0n) is 18.8. The lowest BCUT2D eigenvalue weighted by molar-refractivity contribution is -0.137. The Morgan fingerprint density at radius 1 is 1.27 bits per heavy atom. The molecule has 0 radical (unpaired) electrons. The predicted molar refractivity (Wildman–Crippen MR) is 117 cm³/mol. The van der Waals surface area contributed by atoms with Crippen LogP contribution in [-0.4, -0.2) is 75.2 Å². The Morgan fingerprint density at radius 3 is 2.76 bits per heavy atom. The lowest BCUT2D eigenvalue weighted by Gasteiger charge is -2.17. The highest BCUT2D eigenvalue weighted by Gasteiger charge is 2.35. The number of likely N-dealkylation sites (tertiary alicyclic amines) is 2. The monoisotopic (exact) mass is 466 g/mol. The Hall–Kier alpha value is -2.89. The van der Waals surface area contributed by atoms with Crippen LogP contribution in [-0.2, 0) is 11.0 Å². The molecule has 2 aliphatic heterocycles. The number of rotatable bonds is 8. The number of carbonyl (C=O) groups excluding carboxylic acids is 1. The first-order chi connectivity index (χ1) is 15.7. The van der Waals surface area contributed by atoms with Crippen molar-refractivity contribution in [3.63, 3.8) is 0 Å². The zero-order valence-corrected chi connectivity index (χ0v) is 18.8. The van der Waals surface area contributed by atoms with E-state index in [1.165, 1.54) is 0 Å². The summed E-state index contributed by atoms with van der Waals surface area (Å²) >= 11 is 0. The van der Waals surface area contributed by atoms with Crippen LogP contribution >= 0.6 is 0 Å². The van der Waals surface area contributed by atoms with Crippen molar-refractivity contribution >= 4 is 23.4 Å². The fourth-order valence-corrected chi connectivity index (χ4v) is 4.24. The average Bonchev–Trinajstić information content (AvgIpc) is 3.46. The molecule has 2 aliphatic rings. The summed E-state index contributed by atoms with van der Waals surface area (Å²) in [7, 11) is 2.06. The molecule has 0 saturated carbocycles. The van der Waals surface area contributed by atoms with Gasteiger partial charge in [-0.3, -0.25) is 9.48 Å². The summed E-state index contributed by atoms with van der Waals surface area (Å²) in [6, 6.07) is 0.262. The van der Waals surface area contributed by atoms with Crippen LogP contribution in [0.5, 0.6) is 0 Å². The van der Waals surface area contributed by atoms with E-state index in [0.717, 1.165) is 37.8 Å². The van der Waals surface area contributed by atoms with Gasteiger partial charge in [0.2, 0.25) is 11.9 Å². The molecule has 2 saturated heterocycles. The third-order valence-corrected chi connectivity index (χ3v) is 6.07. The van der Waals surface area contributed by atoms with E-state index in [9.17, 15) is 18.0 Å². The molecule has 180 valence electrons. The average molecular weight is 467 g/mol. The van der Waals surface area contributed by atoms with Crippen LogP contribution in [0.1, 0.15) is 43.0 Å². The Bertz CT molecular complexity index is 992. The van der Waals surface area contributed by atoms with Crippen LogP contribution in [0.4, 0.5) is 30.6 Å². The van der Waals surface area contributed by atoms with Gasteiger partial charge in [-0.15, -0.1) is 0 Å².